The Kier molecular flexibility index (Phi) is 4.26. The number of alkyl halides is 3. The van der Waals surface area contributed by atoms with Crippen molar-refractivity contribution >= 4 is 50.7 Å². The molecule has 1 rings (SSSR count). The Labute approximate surface area is 109 Å². The van der Waals surface area contributed by atoms with Gasteiger partial charge in [0.25, 0.3) is 0 Å². The molecular formula is C10H14BrCl3. The van der Waals surface area contributed by atoms with Crippen molar-refractivity contribution in [2.24, 2.45) is 5.41 Å². The molecule has 0 heterocycles. The molecule has 2 unspecified atom stereocenters. The van der Waals surface area contributed by atoms with Gasteiger partial charge in [0.2, 0.25) is 0 Å². The summed E-state index contributed by atoms with van der Waals surface area (Å²) in [5, 5.41) is 0.00495. The van der Waals surface area contributed by atoms with Gasteiger partial charge in [-0.2, -0.15) is 0 Å². The lowest BCUT2D eigenvalue weighted by molar-refractivity contribution is 0.260. The smallest absolute Gasteiger partial charge is 0.0590 e. The van der Waals surface area contributed by atoms with Crippen LogP contribution in [-0.2, 0) is 0 Å². The molecule has 1 aliphatic rings. The van der Waals surface area contributed by atoms with E-state index in [4.69, 9.17) is 34.8 Å². The maximum Gasteiger partial charge on any atom is 0.0590 e. The monoisotopic (exact) mass is 318 g/mol. The second-order valence-corrected chi connectivity index (χ2v) is 7.17. The molecule has 0 aliphatic heterocycles. The lowest BCUT2D eigenvalue weighted by Gasteiger charge is -2.46. The summed E-state index contributed by atoms with van der Waals surface area (Å²) in [6.45, 7) is 4.14. The van der Waals surface area contributed by atoms with E-state index in [1.54, 1.807) is 5.54 Å². The van der Waals surface area contributed by atoms with Gasteiger partial charge < -0.3 is 0 Å². The second kappa shape index (κ2) is 4.53. The zero-order valence-corrected chi connectivity index (χ0v) is 12.1. The maximum atomic E-state index is 6.38. The molecule has 82 valence electrons. The van der Waals surface area contributed by atoms with Crippen molar-refractivity contribution in [1.29, 1.82) is 0 Å². The average molecular weight is 320 g/mol. The van der Waals surface area contributed by atoms with Gasteiger partial charge in [-0.15, -0.1) is 23.2 Å². The average Bonchev–Trinajstić information content (AvgIpc) is 2.01. The van der Waals surface area contributed by atoms with Gasteiger partial charge in [-0.3, -0.25) is 0 Å². The highest BCUT2D eigenvalue weighted by Gasteiger charge is 2.47. The lowest BCUT2D eigenvalue weighted by Crippen LogP contribution is -2.46. The Morgan fingerprint density at radius 3 is 2.50 bits per heavy atom. The molecular weight excluding hydrogens is 306 g/mol. The Morgan fingerprint density at radius 1 is 1.43 bits per heavy atom. The van der Waals surface area contributed by atoms with Crippen molar-refractivity contribution in [3.05, 3.63) is 11.6 Å². The van der Waals surface area contributed by atoms with Crippen molar-refractivity contribution < 1.29 is 0 Å². The highest BCUT2D eigenvalue weighted by atomic mass is 79.9. The van der Waals surface area contributed by atoms with E-state index in [1.807, 2.05) is 13.0 Å². The molecule has 4 atom stereocenters. The highest BCUT2D eigenvalue weighted by molar-refractivity contribution is 9.09. The van der Waals surface area contributed by atoms with Gasteiger partial charge in [0.1, 0.15) is 0 Å². The van der Waals surface area contributed by atoms with Gasteiger partial charge >= 0.3 is 0 Å². The van der Waals surface area contributed by atoms with Crippen LogP contribution in [0.1, 0.15) is 26.7 Å². The molecule has 1 aliphatic carbocycles. The van der Waals surface area contributed by atoms with Crippen molar-refractivity contribution in [2.75, 3.05) is 0 Å². The molecule has 0 amide bonds. The van der Waals surface area contributed by atoms with Crippen LogP contribution < -0.4 is 0 Å². The van der Waals surface area contributed by atoms with E-state index in [1.165, 1.54) is 0 Å². The Morgan fingerprint density at radius 2 is 2.00 bits per heavy atom. The number of halogens is 4. The van der Waals surface area contributed by atoms with E-state index in [-0.39, 0.29) is 15.7 Å². The third-order valence-electron chi connectivity index (χ3n) is 2.95. The molecule has 0 N–H and O–H groups in total. The standard InChI is InChI=1S/C10H14BrCl3/c1-9(3-4-12)6-10(2,14)8(13)5-7(9)11/h3-4,7-8H,5-6H2,1-2H3/b4-3+/t7?,8?,9-,10+/m1/s1. The van der Waals surface area contributed by atoms with Crippen LogP contribution in [0, 0.1) is 5.41 Å². The van der Waals surface area contributed by atoms with Gasteiger partial charge in [-0.1, -0.05) is 40.5 Å². The summed E-state index contributed by atoms with van der Waals surface area (Å²) >= 11 is 21.9. The molecule has 0 radical (unpaired) electrons. The fraction of sp³-hybridized carbons (Fsp3) is 0.800. The first-order chi connectivity index (χ1) is 6.32. The third kappa shape index (κ3) is 2.61. The van der Waals surface area contributed by atoms with E-state index < -0.39 is 0 Å². The summed E-state index contributed by atoms with van der Waals surface area (Å²) in [5.41, 5.74) is 1.55. The third-order valence-corrected chi connectivity index (χ3v) is 5.67. The van der Waals surface area contributed by atoms with Crippen LogP contribution >= 0.6 is 50.7 Å². The van der Waals surface area contributed by atoms with E-state index in [0.29, 0.717) is 4.83 Å². The van der Waals surface area contributed by atoms with Crippen molar-refractivity contribution in [1.82, 2.24) is 0 Å². The quantitative estimate of drug-likeness (QED) is 0.602. The number of allylic oxidation sites excluding steroid dienone is 1. The summed E-state index contributed by atoms with van der Waals surface area (Å²) in [5.74, 6) is 0. The van der Waals surface area contributed by atoms with Crippen LogP contribution in [0.5, 0.6) is 0 Å². The van der Waals surface area contributed by atoms with Crippen molar-refractivity contribution in [2.45, 2.75) is 41.8 Å². The van der Waals surface area contributed by atoms with Gasteiger partial charge in [-0.05, 0) is 19.8 Å². The minimum absolute atomic E-state index is 0.00495. The van der Waals surface area contributed by atoms with Crippen LogP contribution in [0.3, 0.4) is 0 Å². The molecule has 14 heavy (non-hydrogen) atoms. The minimum atomic E-state index is -0.350. The molecule has 0 aromatic heterocycles. The summed E-state index contributed by atoms with van der Waals surface area (Å²) in [6, 6.07) is 0. The zero-order valence-electron chi connectivity index (χ0n) is 8.24. The lowest BCUT2D eigenvalue weighted by atomic mass is 9.71. The first-order valence-electron chi connectivity index (χ1n) is 4.57. The molecule has 0 nitrogen and oxygen atoms in total. The summed E-state index contributed by atoms with van der Waals surface area (Å²) in [4.78, 5) is -0.0175. The number of hydrogen-bond acceptors (Lipinski definition) is 0. The highest BCUT2D eigenvalue weighted by Crippen LogP contribution is 2.50. The van der Waals surface area contributed by atoms with E-state index in [2.05, 4.69) is 22.9 Å². The van der Waals surface area contributed by atoms with E-state index in [9.17, 15) is 0 Å². The Bertz CT molecular complexity index is 240. The molecule has 0 aromatic rings. The number of rotatable bonds is 1. The van der Waals surface area contributed by atoms with Crippen molar-refractivity contribution in [3.8, 4) is 0 Å². The fourth-order valence-corrected chi connectivity index (χ4v) is 3.79. The normalized spacial score (nSPS) is 49.9. The predicted molar refractivity (Wildman–Crippen MR) is 68.9 cm³/mol. The minimum Gasteiger partial charge on any atom is -0.121 e. The molecule has 1 saturated carbocycles. The topological polar surface area (TPSA) is 0 Å². The Balaban J connectivity index is 2.89. The summed E-state index contributed by atoms with van der Waals surface area (Å²) in [7, 11) is 0. The van der Waals surface area contributed by atoms with E-state index in [0.717, 1.165) is 12.8 Å². The molecule has 0 aromatic carbocycles. The Hall–Kier alpha value is 1.09. The second-order valence-electron chi connectivity index (χ2n) is 4.42. The summed E-state index contributed by atoms with van der Waals surface area (Å²) in [6.07, 6.45) is 3.69. The van der Waals surface area contributed by atoms with Crippen LogP contribution in [-0.4, -0.2) is 15.1 Å². The van der Waals surface area contributed by atoms with Gasteiger partial charge in [0.15, 0.2) is 0 Å². The van der Waals surface area contributed by atoms with Crippen LogP contribution in [0.4, 0.5) is 0 Å². The maximum absolute atomic E-state index is 6.38. The molecule has 0 saturated heterocycles. The van der Waals surface area contributed by atoms with Crippen LogP contribution in [0.2, 0.25) is 0 Å². The van der Waals surface area contributed by atoms with Crippen LogP contribution in [0.15, 0.2) is 11.6 Å². The first-order valence-corrected chi connectivity index (χ1v) is 6.73. The predicted octanol–water partition coefficient (Wildman–Crippen LogP) is 4.91. The van der Waals surface area contributed by atoms with Crippen molar-refractivity contribution in [3.63, 3.8) is 0 Å². The fourth-order valence-electron chi connectivity index (χ4n) is 1.97. The van der Waals surface area contributed by atoms with Gasteiger partial charge in [0, 0.05) is 15.8 Å². The van der Waals surface area contributed by atoms with Crippen LogP contribution in [0.25, 0.3) is 0 Å². The first kappa shape index (κ1) is 13.2. The van der Waals surface area contributed by atoms with Gasteiger partial charge in [-0.25, -0.2) is 0 Å². The molecule has 0 bridgehead atoms. The molecule has 4 heteroatoms. The van der Waals surface area contributed by atoms with E-state index >= 15 is 0 Å². The SMILES string of the molecule is C[C@]1(Cl)C[C@@](C)(/C=C/Cl)C(Br)CC1Cl. The summed E-state index contributed by atoms with van der Waals surface area (Å²) < 4.78 is 0. The van der Waals surface area contributed by atoms with Gasteiger partial charge in [0.05, 0.1) is 10.3 Å². The largest absolute Gasteiger partial charge is 0.121 e. The molecule has 1 fully saturated rings. The molecule has 0 spiro atoms. The zero-order chi connectivity index (χ0) is 11.0. The number of hydrogen-bond donors (Lipinski definition) is 0.